The van der Waals surface area contributed by atoms with Gasteiger partial charge in [0.1, 0.15) is 11.5 Å². The Morgan fingerprint density at radius 2 is 1.62 bits per heavy atom. The van der Waals surface area contributed by atoms with Gasteiger partial charge in [0.15, 0.2) is 0 Å². The van der Waals surface area contributed by atoms with Crippen LogP contribution < -0.4 is 5.32 Å². The molecule has 8 heteroatoms. The molecule has 32 heavy (non-hydrogen) atoms. The molecule has 1 amide bonds. The highest BCUT2D eigenvalue weighted by Crippen LogP contribution is 2.29. The van der Waals surface area contributed by atoms with E-state index in [0.717, 1.165) is 12.1 Å². The molecule has 4 nitrogen and oxygen atoms in total. The highest BCUT2D eigenvalue weighted by atomic mass is 19.4. The Bertz CT molecular complexity index is 1250. The van der Waals surface area contributed by atoms with E-state index in [4.69, 9.17) is 0 Å². The molecule has 0 bridgehead atoms. The van der Waals surface area contributed by atoms with Crippen LogP contribution in [0.1, 0.15) is 21.6 Å². The van der Waals surface area contributed by atoms with Crippen LogP contribution in [0.15, 0.2) is 84.9 Å². The molecule has 0 unspecified atom stereocenters. The molecule has 0 radical (unpaired) electrons. The minimum Gasteiger partial charge on any atom is -0.347 e. The van der Waals surface area contributed by atoms with Gasteiger partial charge < -0.3 is 5.32 Å². The average molecular weight is 439 g/mol. The summed E-state index contributed by atoms with van der Waals surface area (Å²) in [7, 11) is 0. The zero-order chi connectivity index (χ0) is 22.7. The number of hydrogen-bond acceptors (Lipinski definition) is 2. The Hall–Kier alpha value is -3.94. The summed E-state index contributed by atoms with van der Waals surface area (Å²) in [5.41, 5.74) is 0.708. The number of amides is 1. The van der Waals surface area contributed by atoms with Gasteiger partial charge >= 0.3 is 6.18 Å². The summed E-state index contributed by atoms with van der Waals surface area (Å²) in [6.07, 6.45) is -4.47. The third-order valence-corrected chi connectivity index (χ3v) is 4.80. The number of nitrogens with zero attached hydrogens (tertiary/aromatic N) is 2. The maximum Gasteiger partial charge on any atom is 0.416 e. The SMILES string of the molecule is O=C(NCc1cccc(C(F)(F)F)c1)c1cc(-c2ccccc2F)nn1-c1ccccc1. The van der Waals surface area contributed by atoms with Crippen LogP contribution in [0.5, 0.6) is 0 Å². The van der Waals surface area contributed by atoms with Crippen molar-refractivity contribution in [3.05, 3.63) is 108 Å². The zero-order valence-electron chi connectivity index (χ0n) is 16.6. The quantitative estimate of drug-likeness (QED) is 0.410. The number of benzene rings is 3. The first-order valence-corrected chi connectivity index (χ1v) is 9.67. The number of nitrogens with one attached hydrogen (secondary N) is 1. The van der Waals surface area contributed by atoms with E-state index < -0.39 is 23.5 Å². The molecular weight excluding hydrogens is 422 g/mol. The van der Waals surface area contributed by atoms with Crippen molar-refractivity contribution < 1.29 is 22.4 Å². The molecule has 0 aliphatic heterocycles. The first kappa shape index (κ1) is 21.3. The first-order valence-electron chi connectivity index (χ1n) is 9.67. The number of carbonyl (C=O) groups is 1. The standard InChI is InChI=1S/C24H17F4N3O/c25-20-12-5-4-11-19(20)21-14-22(31(30-21)18-9-2-1-3-10-18)23(32)29-15-16-7-6-8-17(13-16)24(26,27)28/h1-14H,15H2,(H,29,32). The van der Waals surface area contributed by atoms with Crippen molar-refractivity contribution in [3.63, 3.8) is 0 Å². The third-order valence-electron chi connectivity index (χ3n) is 4.80. The van der Waals surface area contributed by atoms with Crippen molar-refractivity contribution in [2.75, 3.05) is 0 Å². The van der Waals surface area contributed by atoms with Crippen molar-refractivity contribution in [1.82, 2.24) is 15.1 Å². The van der Waals surface area contributed by atoms with E-state index >= 15 is 0 Å². The first-order chi connectivity index (χ1) is 15.3. The number of hydrogen-bond donors (Lipinski definition) is 1. The number of aromatic nitrogens is 2. The summed E-state index contributed by atoms with van der Waals surface area (Å²) < 4.78 is 54.5. The lowest BCUT2D eigenvalue weighted by Crippen LogP contribution is -2.25. The van der Waals surface area contributed by atoms with Crippen LogP contribution in [0.25, 0.3) is 16.9 Å². The molecule has 1 aromatic heterocycles. The fourth-order valence-corrected chi connectivity index (χ4v) is 3.24. The maximum absolute atomic E-state index is 14.3. The predicted molar refractivity (Wildman–Crippen MR) is 112 cm³/mol. The Morgan fingerprint density at radius 1 is 0.906 bits per heavy atom. The lowest BCUT2D eigenvalue weighted by molar-refractivity contribution is -0.137. The van der Waals surface area contributed by atoms with Crippen LogP contribution in [0.3, 0.4) is 0 Å². The minimum absolute atomic E-state index is 0.113. The van der Waals surface area contributed by atoms with Gasteiger partial charge in [0.25, 0.3) is 5.91 Å². The second-order valence-corrected chi connectivity index (χ2v) is 7.02. The summed E-state index contributed by atoms with van der Waals surface area (Å²) in [6.45, 7) is -0.113. The monoisotopic (exact) mass is 439 g/mol. The van der Waals surface area contributed by atoms with E-state index in [1.54, 1.807) is 48.5 Å². The van der Waals surface area contributed by atoms with Crippen LogP contribution in [0.4, 0.5) is 17.6 Å². The van der Waals surface area contributed by atoms with E-state index in [1.807, 2.05) is 0 Å². The number of carbonyl (C=O) groups excluding carboxylic acids is 1. The van der Waals surface area contributed by atoms with Crippen molar-refractivity contribution in [1.29, 1.82) is 0 Å². The van der Waals surface area contributed by atoms with Gasteiger partial charge in [0.05, 0.1) is 16.9 Å². The second kappa shape index (κ2) is 8.66. The second-order valence-electron chi connectivity index (χ2n) is 7.02. The van der Waals surface area contributed by atoms with Gasteiger partial charge in [0.2, 0.25) is 0 Å². The van der Waals surface area contributed by atoms with Crippen LogP contribution in [0.2, 0.25) is 0 Å². The summed E-state index contributed by atoms with van der Waals surface area (Å²) in [5.74, 6) is -1.04. The van der Waals surface area contributed by atoms with E-state index in [1.165, 1.54) is 28.9 Å². The van der Waals surface area contributed by atoms with E-state index in [-0.39, 0.29) is 23.5 Å². The molecule has 1 heterocycles. The molecule has 0 aliphatic rings. The maximum atomic E-state index is 14.3. The summed E-state index contributed by atoms with van der Waals surface area (Å²) in [4.78, 5) is 12.9. The van der Waals surface area contributed by atoms with Gasteiger partial charge in [-0.3, -0.25) is 4.79 Å². The lowest BCUT2D eigenvalue weighted by Gasteiger charge is -2.10. The molecule has 0 saturated carbocycles. The molecule has 0 saturated heterocycles. The van der Waals surface area contributed by atoms with Crippen molar-refractivity contribution in [3.8, 4) is 16.9 Å². The van der Waals surface area contributed by atoms with Gasteiger partial charge in [-0.1, -0.05) is 42.5 Å². The molecule has 0 atom stereocenters. The van der Waals surface area contributed by atoms with Gasteiger partial charge in [-0.2, -0.15) is 18.3 Å². The molecule has 0 aliphatic carbocycles. The van der Waals surface area contributed by atoms with Crippen molar-refractivity contribution in [2.24, 2.45) is 0 Å². The molecule has 4 aromatic rings. The Balaban J connectivity index is 1.65. The topological polar surface area (TPSA) is 46.9 Å². The smallest absolute Gasteiger partial charge is 0.347 e. The van der Waals surface area contributed by atoms with Crippen LogP contribution in [-0.2, 0) is 12.7 Å². The Morgan fingerprint density at radius 3 is 2.34 bits per heavy atom. The van der Waals surface area contributed by atoms with Crippen LogP contribution >= 0.6 is 0 Å². The fourth-order valence-electron chi connectivity index (χ4n) is 3.24. The largest absolute Gasteiger partial charge is 0.416 e. The zero-order valence-corrected chi connectivity index (χ0v) is 16.6. The van der Waals surface area contributed by atoms with Gasteiger partial charge in [-0.25, -0.2) is 9.07 Å². The highest BCUT2D eigenvalue weighted by molar-refractivity contribution is 5.94. The van der Waals surface area contributed by atoms with Gasteiger partial charge in [-0.15, -0.1) is 0 Å². The molecule has 0 spiro atoms. The van der Waals surface area contributed by atoms with E-state index in [0.29, 0.717) is 11.3 Å². The Labute approximate surface area is 181 Å². The number of halogens is 4. The molecule has 3 aromatic carbocycles. The number of alkyl halides is 3. The summed E-state index contributed by atoms with van der Waals surface area (Å²) in [5, 5.41) is 7.02. The third kappa shape index (κ3) is 4.54. The molecular formula is C24H17F4N3O. The van der Waals surface area contributed by atoms with Crippen LogP contribution in [-0.4, -0.2) is 15.7 Å². The Kier molecular flexibility index (Phi) is 5.77. The molecule has 0 fully saturated rings. The highest BCUT2D eigenvalue weighted by Gasteiger charge is 2.30. The van der Waals surface area contributed by atoms with Gasteiger partial charge in [-0.05, 0) is 48.0 Å². The fraction of sp³-hybridized carbons (Fsp3) is 0.0833. The number of rotatable bonds is 5. The predicted octanol–water partition coefficient (Wildman–Crippen LogP) is 5.63. The van der Waals surface area contributed by atoms with Crippen molar-refractivity contribution in [2.45, 2.75) is 12.7 Å². The number of para-hydroxylation sites is 1. The van der Waals surface area contributed by atoms with Crippen LogP contribution in [0, 0.1) is 5.82 Å². The minimum atomic E-state index is -4.47. The summed E-state index contributed by atoms with van der Waals surface area (Å²) in [6, 6.07) is 21.1. The summed E-state index contributed by atoms with van der Waals surface area (Å²) >= 11 is 0. The van der Waals surface area contributed by atoms with E-state index in [2.05, 4.69) is 10.4 Å². The molecule has 162 valence electrons. The lowest BCUT2D eigenvalue weighted by atomic mass is 10.1. The molecule has 1 N–H and O–H groups in total. The van der Waals surface area contributed by atoms with Gasteiger partial charge in [0, 0.05) is 12.1 Å². The van der Waals surface area contributed by atoms with Crippen molar-refractivity contribution >= 4 is 5.91 Å². The molecule has 4 rings (SSSR count). The normalized spacial score (nSPS) is 11.4. The van der Waals surface area contributed by atoms with E-state index in [9.17, 15) is 22.4 Å². The average Bonchev–Trinajstić information content (AvgIpc) is 3.23.